The monoisotopic (exact) mass is 499 g/mol. The average molecular weight is 500 g/mol. The Morgan fingerprint density at radius 3 is 2.46 bits per heavy atom. The third kappa shape index (κ3) is 5.76. The van der Waals surface area contributed by atoms with E-state index in [1.54, 1.807) is 0 Å². The van der Waals surface area contributed by atoms with Crippen LogP contribution >= 0.6 is 0 Å². The summed E-state index contributed by atoms with van der Waals surface area (Å²) in [4.78, 5) is 37.8. The van der Waals surface area contributed by atoms with Gasteiger partial charge in [-0.3, -0.25) is 9.59 Å². The normalized spacial score (nSPS) is 20.5. The zero-order valence-corrected chi connectivity index (χ0v) is 21.9. The first-order chi connectivity index (χ1) is 18.0. The molecule has 1 saturated heterocycles. The van der Waals surface area contributed by atoms with Crippen LogP contribution in [0.5, 0.6) is 0 Å². The van der Waals surface area contributed by atoms with E-state index in [0.717, 1.165) is 85.3 Å². The standard InChI is InChI=1S/C30H37N5O2/c1-3-31-29(36)23-10-7-11-24(19-23)32-30(37)22-14-16-35(17-15-22)28-27(21-8-5-4-6-9-21)33-26-18-20(2)12-13-25(26)34-28/h4-6,8-9,12-13,18,22-24H,3,7,10-11,14-17,19H2,1-2H3,(H,31,36)(H,32,37)/t23-,24-/m0/s1. The van der Waals surface area contributed by atoms with Crippen LogP contribution in [0.2, 0.25) is 0 Å². The fourth-order valence-corrected chi connectivity index (χ4v) is 5.72. The van der Waals surface area contributed by atoms with E-state index in [-0.39, 0.29) is 29.7 Å². The summed E-state index contributed by atoms with van der Waals surface area (Å²) in [5, 5.41) is 6.21. The molecule has 7 nitrogen and oxygen atoms in total. The van der Waals surface area contributed by atoms with Crippen LogP contribution in [-0.4, -0.2) is 47.5 Å². The van der Waals surface area contributed by atoms with Gasteiger partial charge in [-0.1, -0.05) is 42.8 Å². The minimum atomic E-state index is -0.0164. The Hall–Kier alpha value is -3.48. The number of amides is 2. The van der Waals surface area contributed by atoms with Gasteiger partial charge in [-0.15, -0.1) is 0 Å². The van der Waals surface area contributed by atoms with E-state index < -0.39 is 0 Å². The molecule has 1 aliphatic carbocycles. The second-order valence-electron chi connectivity index (χ2n) is 10.5. The Labute approximate surface area is 219 Å². The van der Waals surface area contributed by atoms with Gasteiger partial charge in [0.15, 0.2) is 5.82 Å². The van der Waals surface area contributed by atoms with Crippen LogP contribution in [0.3, 0.4) is 0 Å². The molecule has 2 aromatic carbocycles. The van der Waals surface area contributed by atoms with Crippen LogP contribution in [0.1, 0.15) is 51.0 Å². The lowest BCUT2D eigenvalue weighted by molar-refractivity contribution is -0.129. The molecule has 37 heavy (non-hydrogen) atoms. The number of anilines is 1. The smallest absolute Gasteiger partial charge is 0.223 e. The van der Waals surface area contributed by atoms with Crippen molar-refractivity contribution < 1.29 is 9.59 Å². The van der Waals surface area contributed by atoms with E-state index >= 15 is 0 Å². The zero-order chi connectivity index (χ0) is 25.8. The highest BCUT2D eigenvalue weighted by Crippen LogP contribution is 2.33. The first-order valence-corrected chi connectivity index (χ1v) is 13.7. The number of aryl methyl sites for hydroxylation is 1. The highest BCUT2D eigenvalue weighted by Gasteiger charge is 2.32. The maximum absolute atomic E-state index is 13.1. The number of hydrogen-bond donors (Lipinski definition) is 2. The number of nitrogens with zero attached hydrogens (tertiary/aromatic N) is 3. The molecule has 3 aromatic rings. The molecule has 0 unspecified atom stereocenters. The fraction of sp³-hybridized carbons (Fsp3) is 0.467. The molecule has 1 saturated carbocycles. The van der Waals surface area contributed by atoms with Gasteiger partial charge in [-0.2, -0.15) is 0 Å². The summed E-state index contributed by atoms with van der Waals surface area (Å²) in [6.45, 7) is 6.19. The van der Waals surface area contributed by atoms with Crippen LogP contribution in [0, 0.1) is 18.8 Å². The van der Waals surface area contributed by atoms with Gasteiger partial charge in [0.2, 0.25) is 11.8 Å². The molecule has 2 atom stereocenters. The Morgan fingerprint density at radius 1 is 0.919 bits per heavy atom. The molecule has 2 aliphatic rings. The van der Waals surface area contributed by atoms with E-state index in [1.807, 2.05) is 31.2 Å². The fourth-order valence-electron chi connectivity index (χ4n) is 5.72. The summed E-state index contributed by atoms with van der Waals surface area (Å²) in [7, 11) is 0. The van der Waals surface area contributed by atoms with E-state index in [4.69, 9.17) is 9.97 Å². The summed E-state index contributed by atoms with van der Waals surface area (Å²) < 4.78 is 0. The summed E-state index contributed by atoms with van der Waals surface area (Å²) in [5.74, 6) is 1.13. The quantitative estimate of drug-likeness (QED) is 0.516. The highest BCUT2D eigenvalue weighted by molar-refractivity contribution is 5.84. The second-order valence-corrected chi connectivity index (χ2v) is 10.5. The van der Waals surface area contributed by atoms with E-state index in [9.17, 15) is 9.59 Å². The molecule has 2 heterocycles. The van der Waals surface area contributed by atoms with E-state index in [0.29, 0.717) is 6.54 Å². The average Bonchev–Trinajstić information content (AvgIpc) is 2.93. The van der Waals surface area contributed by atoms with E-state index in [1.165, 1.54) is 0 Å². The van der Waals surface area contributed by atoms with Gasteiger partial charge < -0.3 is 15.5 Å². The maximum atomic E-state index is 13.1. The molecule has 2 amide bonds. The van der Waals surface area contributed by atoms with Crippen molar-refractivity contribution in [2.45, 2.75) is 58.4 Å². The van der Waals surface area contributed by atoms with Crippen molar-refractivity contribution in [3.63, 3.8) is 0 Å². The molecule has 2 fully saturated rings. The van der Waals surface area contributed by atoms with Gasteiger partial charge in [-0.25, -0.2) is 9.97 Å². The number of nitrogens with one attached hydrogen (secondary N) is 2. The molecule has 1 aromatic heterocycles. The van der Waals surface area contributed by atoms with Gasteiger partial charge in [0.1, 0.15) is 5.69 Å². The van der Waals surface area contributed by atoms with E-state index in [2.05, 4.69) is 46.7 Å². The molecule has 5 rings (SSSR count). The molecule has 0 radical (unpaired) electrons. The summed E-state index contributed by atoms with van der Waals surface area (Å²) >= 11 is 0. The van der Waals surface area contributed by atoms with Crippen LogP contribution < -0.4 is 15.5 Å². The Balaban J connectivity index is 1.27. The van der Waals surface area contributed by atoms with Gasteiger partial charge in [0.05, 0.1) is 11.0 Å². The number of fused-ring (bicyclic) bond motifs is 1. The van der Waals surface area contributed by atoms with Crippen molar-refractivity contribution in [1.29, 1.82) is 0 Å². The van der Waals surface area contributed by atoms with Crippen LogP contribution in [0.4, 0.5) is 5.82 Å². The van der Waals surface area contributed by atoms with Gasteiger partial charge >= 0.3 is 0 Å². The van der Waals surface area contributed by atoms with Crippen molar-refractivity contribution in [3.05, 3.63) is 54.1 Å². The summed E-state index contributed by atoms with van der Waals surface area (Å²) in [5.41, 5.74) is 4.89. The molecule has 0 spiro atoms. The van der Waals surface area contributed by atoms with Crippen molar-refractivity contribution in [2.75, 3.05) is 24.5 Å². The molecule has 2 N–H and O–H groups in total. The van der Waals surface area contributed by atoms with Crippen molar-refractivity contribution in [3.8, 4) is 11.3 Å². The minimum Gasteiger partial charge on any atom is -0.356 e. The lowest BCUT2D eigenvalue weighted by Crippen LogP contribution is -2.46. The summed E-state index contributed by atoms with van der Waals surface area (Å²) in [6, 6.07) is 16.5. The Kier molecular flexibility index (Phi) is 7.68. The lowest BCUT2D eigenvalue weighted by Gasteiger charge is -2.35. The van der Waals surface area contributed by atoms with Crippen LogP contribution in [-0.2, 0) is 9.59 Å². The highest BCUT2D eigenvalue weighted by atomic mass is 16.2. The van der Waals surface area contributed by atoms with Gasteiger partial charge in [0.25, 0.3) is 0 Å². The Morgan fingerprint density at radius 2 is 1.70 bits per heavy atom. The first-order valence-electron chi connectivity index (χ1n) is 13.7. The number of piperidine rings is 1. The summed E-state index contributed by atoms with van der Waals surface area (Å²) in [6.07, 6.45) is 5.14. The van der Waals surface area contributed by atoms with Crippen LogP contribution in [0.15, 0.2) is 48.5 Å². The Bertz CT molecular complexity index is 1250. The van der Waals surface area contributed by atoms with Gasteiger partial charge in [-0.05, 0) is 63.6 Å². The topological polar surface area (TPSA) is 87.2 Å². The van der Waals surface area contributed by atoms with Crippen LogP contribution in [0.25, 0.3) is 22.3 Å². The molecule has 1 aliphatic heterocycles. The molecular formula is C30H37N5O2. The third-order valence-corrected chi connectivity index (χ3v) is 7.76. The minimum absolute atomic E-state index is 0.00696. The largest absolute Gasteiger partial charge is 0.356 e. The molecule has 0 bridgehead atoms. The number of benzene rings is 2. The number of aromatic nitrogens is 2. The van der Waals surface area contributed by atoms with Crippen molar-refractivity contribution in [1.82, 2.24) is 20.6 Å². The number of carbonyl (C=O) groups excluding carboxylic acids is 2. The second kappa shape index (κ2) is 11.3. The number of carbonyl (C=O) groups is 2. The SMILES string of the molecule is CCNC(=O)[C@H]1CCC[C@H](NC(=O)C2CCN(c3nc4ccc(C)cc4nc3-c3ccccc3)CC2)C1. The lowest BCUT2D eigenvalue weighted by atomic mass is 9.84. The predicted octanol–water partition coefficient (Wildman–Crippen LogP) is 4.63. The zero-order valence-electron chi connectivity index (χ0n) is 21.9. The van der Waals surface area contributed by atoms with Crippen molar-refractivity contribution >= 4 is 28.7 Å². The first kappa shape index (κ1) is 25.2. The number of rotatable bonds is 6. The predicted molar refractivity (Wildman–Crippen MR) is 147 cm³/mol. The van der Waals surface area contributed by atoms with Crippen molar-refractivity contribution in [2.24, 2.45) is 11.8 Å². The number of hydrogen-bond acceptors (Lipinski definition) is 5. The maximum Gasteiger partial charge on any atom is 0.223 e. The van der Waals surface area contributed by atoms with Gasteiger partial charge in [0, 0.05) is 43.1 Å². The third-order valence-electron chi connectivity index (χ3n) is 7.76. The molecular weight excluding hydrogens is 462 g/mol. The molecule has 194 valence electrons. The molecule has 7 heteroatoms.